The van der Waals surface area contributed by atoms with Gasteiger partial charge < -0.3 is 37.6 Å². The zero-order chi connectivity index (χ0) is 25.6. The first kappa shape index (κ1) is 30.6. The van der Waals surface area contributed by atoms with Gasteiger partial charge in [0.1, 0.15) is 18.1 Å². The van der Waals surface area contributed by atoms with Crippen molar-refractivity contribution in [3.8, 4) is 0 Å². The number of nitrogens with one attached hydrogen (secondary N) is 3. The Balaban J connectivity index is 5.44. The molecule has 0 aromatic rings. The Morgan fingerprint density at radius 3 is 2.00 bits per heavy atom. The minimum atomic E-state index is -1.32. The Morgan fingerprint density at radius 2 is 1.52 bits per heavy atom. The van der Waals surface area contributed by atoms with Crippen molar-refractivity contribution < 1.29 is 34.2 Å². The largest absolute Gasteiger partial charge is 0.481 e. The summed E-state index contributed by atoms with van der Waals surface area (Å²) < 4.78 is 0. The molecule has 13 heteroatoms. The molecule has 33 heavy (non-hydrogen) atoms. The molecule has 0 saturated carbocycles. The number of thiol groups is 1. The number of unbranched alkanes of at least 4 members (excludes halogenated alkanes) is 1. The smallest absolute Gasteiger partial charge is 0.327 e. The van der Waals surface area contributed by atoms with Crippen LogP contribution in [-0.2, 0) is 24.0 Å². The Hall–Kier alpha value is -2.38. The van der Waals surface area contributed by atoms with E-state index in [4.69, 9.17) is 21.7 Å². The maximum absolute atomic E-state index is 13.0. The molecule has 190 valence electrons. The van der Waals surface area contributed by atoms with Crippen molar-refractivity contribution in [1.29, 1.82) is 0 Å². The van der Waals surface area contributed by atoms with Crippen LogP contribution in [-0.4, -0.2) is 76.3 Å². The highest BCUT2D eigenvalue weighted by Crippen LogP contribution is 2.11. The topological polar surface area (TPSA) is 214 Å². The molecular weight excluding hydrogens is 454 g/mol. The second kappa shape index (κ2) is 16.3. The van der Waals surface area contributed by atoms with Gasteiger partial charge in [0.2, 0.25) is 17.7 Å². The summed E-state index contributed by atoms with van der Waals surface area (Å²) in [5.41, 5.74) is 11.3. The fourth-order valence-electron chi connectivity index (χ4n) is 2.86. The number of carbonyl (C=O) groups excluding carboxylic acids is 3. The van der Waals surface area contributed by atoms with Crippen LogP contribution in [0.15, 0.2) is 0 Å². The molecular formula is C20H37N5O7S. The lowest BCUT2D eigenvalue weighted by molar-refractivity contribution is -0.142. The summed E-state index contributed by atoms with van der Waals surface area (Å²) in [6.45, 7) is 4.02. The third-order valence-electron chi connectivity index (χ3n) is 5.18. The van der Waals surface area contributed by atoms with Crippen molar-refractivity contribution in [2.75, 3.05) is 12.3 Å². The quantitative estimate of drug-likeness (QED) is 0.0906. The number of aliphatic carboxylic acids is 2. The summed E-state index contributed by atoms with van der Waals surface area (Å²) in [5.74, 6) is -5.13. The summed E-state index contributed by atoms with van der Waals surface area (Å²) in [4.78, 5) is 60.2. The zero-order valence-corrected chi connectivity index (χ0v) is 20.0. The molecule has 5 atom stereocenters. The molecule has 5 unspecified atom stereocenters. The maximum atomic E-state index is 13.0. The van der Waals surface area contributed by atoms with Crippen LogP contribution in [0.4, 0.5) is 0 Å². The Morgan fingerprint density at radius 1 is 0.909 bits per heavy atom. The molecule has 0 heterocycles. The number of rotatable bonds is 17. The lowest BCUT2D eigenvalue weighted by Gasteiger charge is -2.27. The van der Waals surface area contributed by atoms with E-state index in [1.54, 1.807) is 6.92 Å². The number of amides is 3. The first-order chi connectivity index (χ1) is 15.5. The third kappa shape index (κ3) is 11.9. The van der Waals surface area contributed by atoms with Crippen LogP contribution >= 0.6 is 12.6 Å². The minimum Gasteiger partial charge on any atom is -0.481 e. The van der Waals surface area contributed by atoms with Crippen LogP contribution in [0.1, 0.15) is 52.4 Å². The molecule has 0 spiro atoms. The second-order valence-electron chi connectivity index (χ2n) is 7.84. The summed E-state index contributed by atoms with van der Waals surface area (Å²) in [7, 11) is 0. The molecule has 0 rings (SSSR count). The monoisotopic (exact) mass is 491 g/mol. The molecule has 0 radical (unpaired) electrons. The predicted octanol–water partition coefficient (Wildman–Crippen LogP) is -1.18. The molecule has 0 aliphatic heterocycles. The van der Waals surface area contributed by atoms with E-state index in [1.165, 1.54) is 0 Å². The standard InChI is InChI=1S/C20H37N5O7S/c1-3-11(2)16(25-17(28)12(22)6-4-5-9-21)19(30)23-13(7-8-15(26)27)18(29)24-14(10-33)20(31)32/h11-14,16,33H,3-10,21-22H2,1-2H3,(H,23,30)(H,24,29)(H,25,28)(H,26,27)(H,31,32). The van der Waals surface area contributed by atoms with Gasteiger partial charge in [-0.15, -0.1) is 0 Å². The minimum absolute atomic E-state index is 0.200. The SMILES string of the molecule is CCC(C)C(NC(=O)C(N)CCCCN)C(=O)NC(CCC(=O)O)C(=O)NC(CS)C(=O)O. The van der Waals surface area contributed by atoms with E-state index in [9.17, 15) is 24.0 Å². The van der Waals surface area contributed by atoms with Gasteiger partial charge in [-0.05, 0) is 31.7 Å². The van der Waals surface area contributed by atoms with Crippen molar-refractivity contribution >= 4 is 42.3 Å². The van der Waals surface area contributed by atoms with E-state index < -0.39 is 60.2 Å². The highest BCUT2D eigenvalue weighted by Gasteiger charge is 2.32. The molecule has 0 aliphatic carbocycles. The summed E-state index contributed by atoms with van der Waals surface area (Å²) in [5, 5.41) is 25.4. The van der Waals surface area contributed by atoms with Gasteiger partial charge in [0.25, 0.3) is 0 Å². The number of carbonyl (C=O) groups is 5. The normalized spacial score (nSPS) is 15.4. The van der Waals surface area contributed by atoms with Gasteiger partial charge in [-0.3, -0.25) is 19.2 Å². The number of carboxylic acid groups (broad SMARTS) is 2. The van der Waals surface area contributed by atoms with E-state index in [1.807, 2.05) is 6.92 Å². The van der Waals surface area contributed by atoms with E-state index >= 15 is 0 Å². The van der Waals surface area contributed by atoms with Gasteiger partial charge in [-0.1, -0.05) is 26.7 Å². The van der Waals surface area contributed by atoms with Gasteiger partial charge in [-0.2, -0.15) is 12.6 Å². The Labute approximate surface area is 199 Å². The van der Waals surface area contributed by atoms with Crippen molar-refractivity contribution in [1.82, 2.24) is 16.0 Å². The summed E-state index contributed by atoms with van der Waals surface area (Å²) in [6, 6.07) is -4.50. The molecule has 3 amide bonds. The molecule has 9 N–H and O–H groups in total. The first-order valence-electron chi connectivity index (χ1n) is 10.9. The lowest BCUT2D eigenvalue weighted by Crippen LogP contribution is -2.58. The van der Waals surface area contributed by atoms with Crippen LogP contribution in [0, 0.1) is 5.92 Å². The van der Waals surface area contributed by atoms with Gasteiger partial charge in [0.05, 0.1) is 6.04 Å². The van der Waals surface area contributed by atoms with Crippen LogP contribution in [0.25, 0.3) is 0 Å². The van der Waals surface area contributed by atoms with Crippen molar-refractivity contribution in [2.45, 2.75) is 76.5 Å². The van der Waals surface area contributed by atoms with E-state index in [-0.39, 0.29) is 18.1 Å². The Kier molecular flexibility index (Phi) is 15.1. The van der Waals surface area contributed by atoms with Crippen molar-refractivity contribution in [3.63, 3.8) is 0 Å². The van der Waals surface area contributed by atoms with Crippen molar-refractivity contribution in [2.24, 2.45) is 17.4 Å². The van der Waals surface area contributed by atoms with Crippen LogP contribution in [0.3, 0.4) is 0 Å². The summed E-state index contributed by atoms with van der Waals surface area (Å²) in [6.07, 6.45) is 1.56. The van der Waals surface area contributed by atoms with Crippen LogP contribution in [0.5, 0.6) is 0 Å². The zero-order valence-electron chi connectivity index (χ0n) is 19.1. The maximum Gasteiger partial charge on any atom is 0.327 e. The average Bonchev–Trinajstić information content (AvgIpc) is 2.76. The molecule has 0 aliphatic rings. The van der Waals surface area contributed by atoms with Crippen LogP contribution < -0.4 is 27.4 Å². The van der Waals surface area contributed by atoms with Gasteiger partial charge >= 0.3 is 11.9 Å². The molecule has 0 aromatic carbocycles. The number of carboxylic acids is 2. The molecule has 0 aromatic heterocycles. The highest BCUT2D eigenvalue weighted by atomic mass is 32.1. The van der Waals surface area contributed by atoms with E-state index in [0.717, 1.165) is 0 Å². The Bertz CT molecular complexity index is 679. The number of hydrogen-bond acceptors (Lipinski definition) is 8. The first-order valence-corrected chi connectivity index (χ1v) is 11.5. The second-order valence-corrected chi connectivity index (χ2v) is 8.20. The van der Waals surface area contributed by atoms with Crippen LogP contribution in [0.2, 0.25) is 0 Å². The number of hydrogen-bond donors (Lipinski definition) is 8. The number of nitrogens with two attached hydrogens (primary N) is 2. The summed E-state index contributed by atoms with van der Waals surface area (Å²) >= 11 is 3.87. The highest BCUT2D eigenvalue weighted by molar-refractivity contribution is 7.80. The third-order valence-corrected chi connectivity index (χ3v) is 5.54. The molecule has 12 nitrogen and oxygen atoms in total. The molecule has 0 fully saturated rings. The molecule has 0 saturated heterocycles. The average molecular weight is 492 g/mol. The fraction of sp³-hybridized carbons (Fsp3) is 0.750. The van der Waals surface area contributed by atoms with Crippen molar-refractivity contribution in [3.05, 3.63) is 0 Å². The van der Waals surface area contributed by atoms with Gasteiger partial charge in [-0.25, -0.2) is 4.79 Å². The van der Waals surface area contributed by atoms with Gasteiger partial charge in [0, 0.05) is 12.2 Å². The predicted molar refractivity (Wildman–Crippen MR) is 124 cm³/mol. The van der Waals surface area contributed by atoms with E-state index in [0.29, 0.717) is 32.2 Å². The van der Waals surface area contributed by atoms with E-state index in [2.05, 4.69) is 28.6 Å². The molecule has 0 bridgehead atoms. The lowest BCUT2D eigenvalue weighted by atomic mass is 9.96. The fourth-order valence-corrected chi connectivity index (χ4v) is 3.11. The van der Waals surface area contributed by atoms with Gasteiger partial charge in [0.15, 0.2) is 0 Å².